The minimum absolute atomic E-state index is 0.0446. The van der Waals surface area contributed by atoms with Gasteiger partial charge in [0.25, 0.3) is 11.6 Å². The second-order valence-electron chi connectivity index (χ2n) is 5.29. The summed E-state index contributed by atoms with van der Waals surface area (Å²) in [6.45, 7) is -0.229. The number of aryl methyl sites for hydroxylation is 1. The van der Waals surface area contributed by atoms with Crippen LogP contribution in [0.2, 0.25) is 0 Å². The van der Waals surface area contributed by atoms with Crippen LogP contribution in [0.3, 0.4) is 0 Å². The van der Waals surface area contributed by atoms with Gasteiger partial charge < -0.3 is 10.1 Å². The molecule has 0 atom stereocenters. The average molecular weight is 354 g/mol. The molecule has 0 saturated carbocycles. The van der Waals surface area contributed by atoms with E-state index in [4.69, 9.17) is 4.74 Å². The molecule has 1 heterocycles. The minimum Gasteiger partial charge on any atom is -0.484 e. The molecule has 2 aromatic carbocycles. The number of carbonyl (C=O) groups excluding carboxylic acids is 1. The lowest BCUT2D eigenvalue weighted by Gasteiger charge is -2.08. The number of amides is 1. The molecule has 10 nitrogen and oxygen atoms in total. The molecule has 0 fully saturated rings. The van der Waals surface area contributed by atoms with E-state index in [0.717, 1.165) is 5.56 Å². The smallest absolute Gasteiger partial charge is 0.269 e. The van der Waals surface area contributed by atoms with Crippen LogP contribution in [0.4, 0.5) is 11.4 Å². The van der Waals surface area contributed by atoms with Crippen LogP contribution in [0.25, 0.3) is 11.4 Å². The van der Waals surface area contributed by atoms with Gasteiger partial charge in [-0.15, -0.1) is 5.10 Å². The molecule has 0 aliphatic rings. The van der Waals surface area contributed by atoms with E-state index in [1.165, 1.54) is 28.9 Å². The van der Waals surface area contributed by atoms with Crippen molar-refractivity contribution in [3.8, 4) is 17.1 Å². The first-order chi connectivity index (χ1) is 12.5. The van der Waals surface area contributed by atoms with E-state index >= 15 is 0 Å². The summed E-state index contributed by atoms with van der Waals surface area (Å²) in [5, 5.41) is 24.6. The molecule has 0 radical (unpaired) electrons. The van der Waals surface area contributed by atoms with Gasteiger partial charge in [-0.3, -0.25) is 14.9 Å². The zero-order chi connectivity index (χ0) is 18.5. The Morgan fingerprint density at radius 2 is 2.04 bits per heavy atom. The number of non-ortho nitro benzene ring substituents is 1. The molecule has 3 aromatic rings. The van der Waals surface area contributed by atoms with Crippen molar-refractivity contribution < 1.29 is 14.5 Å². The Balaban J connectivity index is 1.60. The van der Waals surface area contributed by atoms with Crippen LogP contribution in [-0.4, -0.2) is 37.6 Å². The van der Waals surface area contributed by atoms with Crippen molar-refractivity contribution >= 4 is 17.3 Å². The van der Waals surface area contributed by atoms with Crippen molar-refractivity contribution in [3.05, 3.63) is 58.6 Å². The Bertz CT molecular complexity index is 938. The van der Waals surface area contributed by atoms with E-state index in [-0.39, 0.29) is 18.2 Å². The standard InChI is InChI=1S/C16H14N6O4/c1-21-16(18-19-20-21)11-3-2-4-12(9-11)17-15(23)10-26-14-7-5-13(6-8-14)22(24)25/h2-9H,10H2,1H3,(H,17,23). The number of nitro groups is 1. The normalized spacial score (nSPS) is 10.3. The van der Waals surface area contributed by atoms with Crippen molar-refractivity contribution in [1.82, 2.24) is 20.2 Å². The zero-order valence-corrected chi connectivity index (χ0v) is 13.7. The van der Waals surface area contributed by atoms with Gasteiger partial charge in [-0.05, 0) is 34.7 Å². The fourth-order valence-electron chi connectivity index (χ4n) is 2.22. The van der Waals surface area contributed by atoms with Crippen molar-refractivity contribution in [2.24, 2.45) is 7.05 Å². The number of tetrazole rings is 1. The third-order valence-corrected chi connectivity index (χ3v) is 3.44. The third-order valence-electron chi connectivity index (χ3n) is 3.44. The Labute approximate surface area is 147 Å². The number of rotatable bonds is 6. The first-order valence-corrected chi connectivity index (χ1v) is 7.53. The van der Waals surface area contributed by atoms with Crippen molar-refractivity contribution in [1.29, 1.82) is 0 Å². The first kappa shape index (κ1) is 17.0. The van der Waals surface area contributed by atoms with E-state index in [0.29, 0.717) is 17.3 Å². The number of benzene rings is 2. The molecule has 1 N–H and O–H groups in total. The van der Waals surface area contributed by atoms with E-state index in [2.05, 4.69) is 20.8 Å². The van der Waals surface area contributed by atoms with Crippen LogP contribution in [0, 0.1) is 10.1 Å². The SMILES string of the molecule is Cn1nnnc1-c1cccc(NC(=O)COc2ccc([N+](=O)[O-])cc2)c1. The quantitative estimate of drug-likeness (QED) is 0.528. The number of nitro benzene ring substituents is 1. The molecule has 0 unspecified atom stereocenters. The van der Waals surface area contributed by atoms with E-state index in [1.54, 1.807) is 25.2 Å². The molecule has 0 bridgehead atoms. The third kappa shape index (κ3) is 3.98. The van der Waals surface area contributed by atoms with Crippen LogP contribution in [0.5, 0.6) is 5.75 Å². The number of hydrogen-bond donors (Lipinski definition) is 1. The summed E-state index contributed by atoms with van der Waals surface area (Å²) in [6.07, 6.45) is 0. The van der Waals surface area contributed by atoms with Crippen molar-refractivity contribution in [2.75, 3.05) is 11.9 Å². The van der Waals surface area contributed by atoms with Crippen LogP contribution < -0.4 is 10.1 Å². The minimum atomic E-state index is -0.504. The monoisotopic (exact) mass is 354 g/mol. The number of ether oxygens (including phenoxy) is 1. The summed E-state index contributed by atoms with van der Waals surface area (Å²) < 4.78 is 6.85. The van der Waals surface area contributed by atoms with E-state index in [9.17, 15) is 14.9 Å². The number of carbonyl (C=O) groups is 1. The summed E-state index contributed by atoms with van der Waals surface area (Å²) in [5.41, 5.74) is 1.28. The fourth-order valence-corrected chi connectivity index (χ4v) is 2.22. The highest BCUT2D eigenvalue weighted by Crippen LogP contribution is 2.20. The lowest BCUT2D eigenvalue weighted by molar-refractivity contribution is -0.384. The fraction of sp³-hybridized carbons (Fsp3) is 0.125. The van der Waals surface area contributed by atoms with Gasteiger partial charge in [0.2, 0.25) is 0 Å². The van der Waals surface area contributed by atoms with Gasteiger partial charge >= 0.3 is 0 Å². The topological polar surface area (TPSA) is 125 Å². The predicted molar refractivity (Wildman–Crippen MR) is 91.5 cm³/mol. The van der Waals surface area contributed by atoms with Crippen LogP contribution in [-0.2, 0) is 11.8 Å². The summed E-state index contributed by atoms with van der Waals surface area (Å²) in [5.74, 6) is 0.574. The first-order valence-electron chi connectivity index (χ1n) is 7.53. The summed E-state index contributed by atoms with van der Waals surface area (Å²) in [6, 6.07) is 12.6. The maximum absolute atomic E-state index is 12.0. The molecule has 0 aliphatic heterocycles. The number of nitrogens with zero attached hydrogens (tertiary/aromatic N) is 5. The van der Waals surface area contributed by atoms with Crippen molar-refractivity contribution in [2.45, 2.75) is 0 Å². The number of nitrogens with one attached hydrogen (secondary N) is 1. The van der Waals surface area contributed by atoms with Gasteiger partial charge in [-0.25, -0.2) is 4.68 Å². The molecular formula is C16H14N6O4. The number of hydrogen-bond acceptors (Lipinski definition) is 7. The lowest BCUT2D eigenvalue weighted by Crippen LogP contribution is -2.20. The average Bonchev–Trinajstić information content (AvgIpc) is 3.06. The van der Waals surface area contributed by atoms with Crippen LogP contribution >= 0.6 is 0 Å². The Hall–Kier alpha value is -3.82. The maximum Gasteiger partial charge on any atom is 0.269 e. The molecule has 1 aromatic heterocycles. The molecule has 1 amide bonds. The molecular weight excluding hydrogens is 340 g/mol. The lowest BCUT2D eigenvalue weighted by atomic mass is 10.2. The Morgan fingerprint density at radius 3 is 2.69 bits per heavy atom. The summed E-state index contributed by atoms with van der Waals surface area (Å²) >= 11 is 0. The molecule has 0 spiro atoms. The molecule has 10 heteroatoms. The van der Waals surface area contributed by atoms with E-state index < -0.39 is 4.92 Å². The molecule has 132 valence electrons. The van der Waals surface area contributed by atoms with Gasteiger partial charge in [-0.1, -0.05) is 12.1 Å². The second kappa shape index (κ2) is 7.38. The van der Waals surface area contributed by atoms with Gasteiger partial charge in [0, 0.05) is 30.4 Å². The molecule has 26 heavy (non-hydrogen) atoms. The van der Waals surface area contributed by atoms with Crippen LogP contribution in [0.15, 0.2) is 48.5 Å². The van der Waals surface area contributed by atoms with Gasteiger partial charge in [0.15, 0.2) is 12.4 Å². The Kier molecular flexibility index (Phi) is 4.83. The predicted octanol–water partition coefficient (Wildman–Crippen LogP) is 1.80. The highest BCUT2D eigenvalue weighted by atomic mass is 16.6. The second-order valence-corrected chi connectivity index (χ2v) is 5.29. The van der Waals surface area contributed by atoms with E-state index in [1.807, 2.05) is 6.07 Å². The van der Waals surface area contributed by atoms with Gasteiger partial charge in [-0.2, -0.15) is 0 Å². The summed E-state index contributed by atoms with van der Waals surface area (Å²) in [7, 11) is 1.72. The Morgan fingerprint density at radius 1 is 1.27 bits per heavy atom. The molecule has 0 aliphatic carbocycles. The van der Waals surface area contributed by atoms with Gasteiger partial charge in [0.05, 0.1) is 4.92 Å². The van der Waals surface area contributed by atoms with Gasteiger partial charge in [0.1, 0.15) is 5.75 Å². The number of aromatic nitrogens is 4. The highest BCUT2D eigenvalue weighted by molar-refractivity contribution is 5.92. The highest BCUT2D eigenvalue weighted by Gasteiger charge is 2.09. The van der Waals surface area contributed by atoms with Crippen LogP contribution in [0.1, 0.15) is 0 Å². The summed E-state index contributed by atoms with van der Waals surface area (Å²) in [4.78, 5) is 22.1. The zero-order valence-electron chi connectivity index (χ0n) is 13.7. The number of anilines is 1. The van der Waals surface area contributed by atoms with Crippen molar-refractivity contribution in [3.63, 3.8) is 0 Å². The maximum atomic E-state index is 12.0. The molecule has 3 rings (SSSR count). The largest absolute Gasteiger partial charge is 0.484 e. The molecule has 0 saturated heterocycles.